The summed E-state index contributed by atoms with van der Waals surface area (Å²) in [5.41, 5.74) is 3.47. The van der Waals surface area contributed by atoms with Crippen molar-refractivity contribution in [2.24, 2.45) is 0 Å². The lowest BCUT2D eigenvalue weighted by atomic mass is 9.89. The van der Waals surface area contributed by atoms with Crippen molar-refractivity contribution in [3.63, 3.8) is 0 Å². The maximum atomic E-state index is 12.7. The van der Waals surface area contributed by atoms with Gasteiger partial charge in [0.1, 0.15) is 11.5 Å². The van der Waals surface area contributed by atoms with Crippen molar-refractivity contribution in [1.82, 2.24) is 10.3 Å². The lowest BCUT2D eigenvalue weighted by Gasteiger charge is -2.17. The number of methoxy groups -OCH3 is 1. The number of carbonyl (C=O) groups excluding carboxylic acids is 1. The van der Waals surface area contributed by atoms with Crippen molar-refractivity contribution < 1.29 is 13.9 Å². The maximum absolute atomic E-state index is 12.7. The van der Waals surface area contributed by atoms with Crippen molar-refractivity contribution in [3.05, 3.63) is 90.0 Å². The van der Waals surface area contributed by atoms with E-state index in [2.05, 4.69) is 34.6 Å². The minimum absolute atomic E-state index is 0.0155. The molecule has 0 aliphatic carbocycles. The molecule has 0 aliphatic rings. The Kier molecular flexibility index (Phi) is 6.18. The zero-order valence-corrected chi connectivity index (χ0v) is 17.1. The molecule has 2 heterocycles. The van der Waals surface area contributed by atoms with Gasteiger partial charge in [-0.3, -0.25) is 4.79 Å². The van der Waals surface area contributed by atoms with Gasteiger partial charge in [0.2, 0.25) is 5.91 Å². The minimum atomic E-state index is 0.0155. The number of ether oxygens (including phenoxy) is 1. The van der Waals surface area contributed by atoms with Gasteiger partial charge >= 0.3 is 0 Å². The quantitative estimate of drug-likeness (QED) is 0.405. The van der Waals surface area contributed by atoms with E-state index in [-0.39, 0.29) is 11.8 Å². The third-order valence-corrected chi connectivity index (χ3v) is 5.46. The molecule has 2 aromatic carbocycles. The fourth-order valence-electron chi connectivity index (χ4n) is 3.83. The SMILES string of the molecule is COc1ccc2[nH]cc(C(CCc3ccccc3)CC(=O)NCc3ccco3)c2c1. The van der Waals surface area contributed by atoms with Crippen LogP contribution in [-0.2, 0) is 17.8 Å². The van der Waals surface area contributed by atoms with Crippen LogP contribution in [0.2, 0.25) is 0 Å². The van der Waals surface area contributed by atoms with E-state index < -0.39 is 0 Å². The van der Waals surface area contributed by atoms with Crippen LogP contribution in [-0.4, -0.2) is 18.0 Å². The number of furan rings is 1. The first kappa shape index (κ1) is 19.8. The first-order chi connectivity index (χ1) is 14.7. The number of hydrogen-bond donors (Lipinski definition) is 2. The lowest BCUT2D eigenvalue weighted by molar-refractivity contribution is -0.121. The van der Waals surface area contributed by atoms with E-state index in [0.29, 0.717) is 13.0 Å². The Morgan fingerprint density at radius 2 is 2.00 bits per heavy atom. The molecule has 2 aromatic heterocycles. The van der Waals surface area contributed by atoms with Gasteiger partial charge in [0, 0.05) is 23.5 Å². The molecular weight excluding hydrogens is 376 g/mol. The second-order valence-electron chi connectivity index (χ2n) is 7.44. The summed E-state index contributed by atoms with van der Waals surface area (Å²) < 4.78 is 10.7. The average Bonchev–Trinajstić information content (AvgIpc) is 3.45. The molecule has 5 heteroatoms. The highest BCUT2D eigenvalue weighted by Gasteiger charge is 2.20. The number of aromatic amines is 1. The molecule has 0 saturated carbocycles. The van der Waals surface area contributed by atoms with Crippen molar-refractivity contribution in [3.8, 4) is 5.75 Å². The highest BCUT2D eigenvalue weighted by atomic mass is 16.5. The number of carbonyl (C=O) groups is 1. The molecule has 0 saturated heterocycles. The molecule has 30 heavy (non-hydrogen) atoms. The van der Waals surface area contributed by atoms with Crippen LogP contribution in [0.15, 0.2) is 77.5 Å². The molecule has 4 aromatic rings. The number of aromatic nitrogens is 1. The van der Waals surface area contributed by atoms with E-state index in [1.807, 2.05) is 42.6 Å². The van der Waals surface area contributed by atoms with Crippen LogP contribution in [0.1, 0.15) is 35.6 Å². The molecule has 1 unspecified atom stereocenters. The van der Waals surface area contributed by atoms with Crippen molar-refractivity contribution >= 4 is 16.8 Å². The van der Waals surface area contributed by atoms with Crippen LogP contribution in [0.25, 0.3) is 10.9 Å². The molecule has 5 nitrogen and oxygen atoms in total. The third kappa shape index (κ3) is 4.74. The molecule has 4 rings (SSSR count). The van der Waals surface area contributed by atoms with Gasteiger partial charge in [-0.2, -0.15) is 0 Å². The van der Waals surface area contributed by atoms with Gasteiger partial charge in [-0.25, -0.2) is 0 Å². The molecule has 154 valence electrons. The van der Waals surface area contributed by atoms with Gasteiger partial charge in [-0.15, -0.1) is 0 Å². The number of H-pyrrole nitrogens is 1. The highest BCUT2D eigenvalue weighted by molar-refractivity contribution is 5.86. The van der Waals surface area contributed by atoms with Gasteiger partial charge in [0.15, 0.2) is 0 Å². The van der Waals surface area contributed by atoms with Crippen molar-refractivity contribution in [2.75, 3.05) is 7.11 Å². The molecule has 0 bridgehead atoms. The average molecular weight is 402 g/mol. The Labute approximate surface area is 176 Å². The zero-order valence-electron chi connectivity index (χ0n) is 17.1. The van der Waals surface area contributed by atoms with Crippen molar-refractivity contribution in [2.45, 2.75) is 31.7 Å². The second-order valence-corrected chi connectivity index (χ2v) is 7.44. The summed E-state index contributed by atoms with van der Waals surface area (Å²) >= 11 is 0. The van der Waals surface area contributed by atoms with E-state index in [1.54, 1.807) is 13.4 Å². The maximum Gasteiger partial charge on any atom is 0.220 e. The molecule has 0 radical (unpaired) electrons. The van der Waals surface area contributed by atoms with E-state index in [9.17, 15) is 4.79 Å². The summed E-state index contributed by atoms with van der Waals surface area (Å²) in [5.74, 6) is 1.66. The van der Waals surface area contributed by atoms with E-state index >= 15 is 0 Å². The number of hydrogen-bond acceptors (Lipinski definition) is 3. The summed E-state index contributed by atoms with van der Waals surface area (Å²) in [6.45, 7) is 0.402. The first-order valence-electron chi connectivity index (χ1n) is 10.2. The summed E-state index contributed by atoms with van der Waals surface area (Å²) in [6, 6.07) is 20.1. The number of amides is 1. The van der Waals surface area contributed by atoms with Crippen LogP contribution < -0.4 is 10.1 Å². The Bertz CT molecular complexity index is 1080. The zero-order chi connectivity index (χ0) is 20.8. The number of nitrogens with one attached hydrogen (secondary N) is 2. The minimum Gasteiger partial charge on any atom is -0.497 e. The van der Waals surface area contributed by atoms with Gasteiger partial charge in [0.05, 0.1) is 19.9 Å². The second kappa shape index (κ2) is 9.35. The Morgan fingerprint density at radius 1 is 1.13 bits per heavy atom. The van der Waals surface area contributed by atoms with Crippen LogP contribution in [0.3, 0.4) is 0 Å². The summed E-state index contributed by atoms with van der Waals surface area (Å²) in [4.78, 5) is 16.1. The molecular formula is C25H26N2O3. The number of fused-ring (bicyclic) bond motifs is 1. The lowest BCUT2D eigenvalue weighted by Crippen LogP contribution is -2.24. The molecule has 0 fully saturated rings. The van der Waals surface area contributed by atoms with E-state index in [4.69, 9.17) is 9.15 Å². The predicted molar refractivity (Wildman–Crippen MR) is 118 cm³/mol. The largest absolute Gasteiger partial charge is 0.497 e. The van der Waals surface area contributed by atoms with Crippen LogP contribution >= 0.6 is 0 Å². The van der Waals surface area contributed by atoms with Crippen LogP contribution in [0.5, 0.6) is 5.75 Å². The van der Waals surface area contributed by atoms with Crippen molar-refractivity contribution in [1.29, 1.82) is 0 Å². The monoisotopic (exact) mass is 402 g/mol. The molecule has 1 atom stereocenters. The molecule has 1 amide bonds. The summed E-state index contributed by atoms with van der Waals surface area (Å²) in [7, 11) is 1.67. The Balaban J connectivity index is 1.54. The topological polar surface area (TPSA) is 67.3 Å². The van der Waals surface area contributed by atoms with Gasteiger partial charge in [0.25, 0.3) is 0 Å². The normalized spacial score (nSPS) is 12.0. The Morgan fingerprint density at radius 3 is 2.77 bits per heavy atom. The molecule has 2 N–H and O–H groups in total. The predicted octanol–water partition coefficient (Wildman–Crippen LogP) is 5.19. The van der Waals surface area contributed by atoms with Gasteiger partial charge in [-0.05, 0) is 60.2 Å². The third-order valence-electron chi connectivity index (χ3n) is 5.46. The van der Waals surface area contributed by atoms with Crippen LogP contribution in [0.4, 0.5) is 0 Å². The first-order valence-corrected chi connectivity index (χ1v) is 10.2. The van der Waals surface area contributed by atoms with Gasteiger partial charge < -0.3 is 19.5 Å². The van der Waals surface area contributed by atoms with Crippen LogP contribution in [0, 0.1) is 0 Å². The smallest absolute Gasteiger partial charge is 0.220 e. The summed E-state index contributed by atoms with van der Waals surface area (Å²) in [6.07, 6.45) is 5.84. The highest BCUT2D eigenvalue weighted by Crippen LogP contribution is 2.33. The fraction of sp³-hybridized carbons (Fsp3) is 0.240. The fourth-order valence-corrected chi connectivity index (χ4v) is 3.83. The van der Waals surface area contributed by atoms with Gasteiger partial charge in [-0.1, -0.05) is 30.3 Å². The number of rotatable bonds is 9. The number of benzene rings is 2. The summed E-state index contributed by atoms with van der Waals surface area (Å²) in [5, 5.41) is 4.08. The number of aryl methyl sites for hydroxylation is 1. The Hall–Kier alpha value is -3.47. The molecule has 0 spiro atoms. The molecule has 0 aliphatic heterocycles. The van der Waals surface area contributed by atoms with E-state index in [0.717, 1.165) is 40.8 Å². The van der Waals surface area contributed by atoms with E-state index in [1.165, 1.54) is 5.56 Å². The standard InChI is InChI=1S/C25H26N2O3/c1-29-20-11-12-24-22(15-20)23(17-26-24)19(10-9-18-6-3-2-4-7-18)14-25(28)27-16-21-8-5-13-30-21/h2-8,11-13,15,17,19,26H,9-10,14,16H2,1H3,(H,27,28).